The van der Waals surface area contributed by atoms with Crippen molar-refractivity contribution >= 4 is 49.9 Å². The van der Waals surface area contributed by atoms with Gasteiger partial charge in [-0.05, 0) is 30.7 Å². The molecule has 0 bridgehead atoms. The van der Waals surface area contributed by atoms with Crippen LogP contribution in [0.3, 0.4) is 0 Å². The van der Waals surface area contributed by atoms with E-state index in [-0.39, 0.29) is 0 Å². The van der Waals surface area contributed by atoms with E-state index in [0.717, 1.165) is 26.4 Å². The Bertz CT molecular complexity index is 1070. The highest BCUT2D eigenvalue weighted by atomic mass is 35.5. The van der Waals surface area contributed by atoms with Gasteiger partial charge in [0.25, 0.3) is 0 Å². The number of anilines is 1. The first kappa shape index (κ1) is 15.4. The number of nitrogens with two attached hydrogens (primary N) is 1. The number of aryl methyl sites for hydroxylation is 1. The van der Waals surface area contributed by atoms with Gasteiger partial charge in [0, 0.05) is 18.2 Å². The number of para-hydroxylation sites is 1. The fourth-order valence-electron chi connectivity index (χ4n) is 2.78. The number of oxazole rings is 1. The Labute approximate surface area is 147 Å². The molecule has 1 aromatic carbocycles. The van der Waals surface area contributed by atoms with Gasteiger partial charge in [-0.25, -0.2) is 9.97 Å². The molecule has 0 amide bonds. The predicted octanol–water partition coefficient (Wildman–Crippen LogP) is 4.79. The third-order valence-electron chi connectivity index (χ3n) is 3.77. The number of fused-ring (bicyclic) bond motifs is 2. The molecule has 5 nitrogen and oxygen atoms in total. The van der Waals surface area contributed by atoms with E-state index in [4.69, 9.17) is 26.5 Å². The van der Waals surface area contributed by atoms with E-state index in [1.54, 1.807) is 13.2 Å². The van der Waals surface area contributed by atoms with Crippen LogP contribution >= 0.6 is 22.9 Å². The highest BCUT2D eigenvalue weighted by Gasteiger charge is 2.20. The fourth-order valence-corrected chi connectivity index (χ4v) is 4.10. The van der Waals surface area contributed by atoms with Crippen LogP contribution in [0.5, 0.6) is 0 Å². The standard InChI is InChI=1S/C17H14ClN3O2S/c1-8-6-9(7-22-2)12-13(19)15(24-17(12)20-8)16-21-11-5-3-4-10(18)14(11)23-16/h3-6H,7,19H2,1-2H3. The van der Waals surface area contributed by atoms with Crippen LogP contribution < -0.4 is 5.73 Å². The first-order valence-electron chi connectivity index (χ1n) is 7.31. The van der Waals surface area contributed by atoms with Gasteiger partial charge in [-0.3, -0.25) is 0 Å². The summed E-state index contributed by atoms with van der Waals surface area (Å²) in [5.41, 5.74) is 10.2. The normalized spacial score (nSPS) is 11.6. The van der Waals surface area contributed by atoms with E-state index >= 15 is 0 Å². The monoisotopic (exact) mass is 359 g/mol. The molecule has 4 rings (SSSR count). The van der Waals surface area contributed by atoms with Crippen molar-refractivity contribution in [2.24, 2.45) is 0 Å². The number of benzene rings is 1. The number of nitrogen functional groups attached to an aromatic ring is 1. The van der Waals surface area contributed by atoms with Crippen LogP contribution in [0, 0.1) is 6.92 Å². The third-order valence-corrected chi connectivity index (χ3v) is 5.15. The predicted molar refractivity (Wildman–Crippen MR) is 97.5 cm³/mol. The van der Waals surface area contributed by atoms with Gasteiger partial charge in [0.05, 0.1) is 17.3 Å². The van der Waals surface area contributed by atoms with E-state index in [9.17, 15) is 0 Å². The second-order valence-electron chi connectivity index (χ2n) is 5.49. The number of ether oxygens (including phenoxy) is 1. The molecule has 0 aliphatic rings. The molecule has 0 spiro atoms. The van der Waals surface area contributed by atoms with Crippen LogP contribution in [-0.4, -0.2) is 17.1 Å². The van der Waals surface area contributed by atoms with Crippen LogP contribution in [0.15, 0.2) is 28.7 Å². The molecule has 0 aliphatic heterocycles. The van der Waals surface area contributed by atoms with Crippen molar-refractivity contribution < 1.29 is 9.15 Å². The Balaban J connectivity index is 1.97. The van der Waals surface area contributed by atoms with Gasteiger partial charge < -0.3 is 14.9 Å². The Kier molecular flexibility index (Phi) is 3.68. The van der Waals surface area contributed by atoms with E-state index in [2.05, 4.69) is 9.97 Å². The lowest BCUT2D eigenvalue weighted by molar-refractivity contribution is 0.186. The molecule has 7 heteroatoms. The van der Waals surface area contributed by atoms with Gasteiger partial charge in [0.15, 0.2) is 5.58 Å². The van der Waals surface area contributed by atoms with Crippen LogP contribution in [0.1, 0.15) is 11.3 Å². The number of aromatic nitrogens is 2. The molecule has 3 aromatic heterocycles. The summed E-state index contributed by atoms with van der Waals surface area (Å²) in [6.45, 7) is 2.42. The van der Waals surface area contributed by atoms with Crippen LogP contribution in [0.4, 0.5) is 5.69 Å². The number of pyridine rings is 1. The minimum atomic E-state index is 0.458. The molecule has 3 heterocycles. The lowest BCUT2D eigenvalue weighted by Crippen LogP contribution is -1.94. The number of hydrogen-bond donors (Lipinski definition) is 1. The maximum atomic E-state index is 6.39. The molecule has 122 valence electrons. The van der Waals surface area contributed by atoms with Crippen molar-refractivity contribution in [1.29, 1.82) is 0 Å². The second kappa shape index (κ2) is 5.73. The first-order valence-corrected chi connectivity index (χ1v) is 8.50. The number of nitrogens with zero attached hydrogens (tertiary/aromatic N) is 2. The fraction of sp³-hybridized carbons (Fsp3) is 0.176. The molecule has 0 fully saturated rings. The quantitative estimate of drug-likeness (QED) is 0.569. The molecule has 24 heavy (non-hydrogen) atoms. The summed E-state index contributed by atoms with van der Waals surface area (Å²) in [5.74, 6) is 0.458. The van der Waals surface area contributed by atoms with Crippen molar-refractivity contribution in [1.82, 2.24) is 9.97 Å². The Morgan fingerprint density at radius 1 is 1.33 bits per heavy atom. The largest absolute Gasteiger partial charge is 0.434 e. The van der Waals surface area contributed by atoms with Crippen molar-refractivity contribution in [3.05, 3.63) is 40.5 Å². The van der Waals surface area contributed by atoms with Crippen molar-refractivity contribution in [2.45, 2.75) is 13.5 Å². The lowest BCUT2D eigenvalue weighted by Gasteiger charge is -2.04. The number of halogens is 1. The zero-order chi connectivity index (χ0) is 16.8. The second-order valence-corrected chi connectivity index (χ2v) is 6.89. The molecule has 0 saturated carbocycles. The summed E-state index contributed by atoms with van der Waals surface area (Å²) in [6, 6.07) is 7.46. The Hall–Kier alpha value is -2.15. The minimum Gasteiger partial charge on any atom is -0.434 e. The average molecular weight is 360 g/mol. The van der Waals surface area contributed by atoms with Gasteiger partial charge in [-0.1, -0.05) is 17.7 Å². The Morgan fingerprint density at radius 3 is 2.92 bits per heavy atom. The van der Waals surface area contributed by atoms with Crippen molar-refractivity contribution in [3.63, 3.8) is 0 Å². The van der Waals surface area contributed by atoms with E-state index in [1.807, 2.05) is 25.1 Å². The maximum Gasteiger partial charge on any atom is 0.239 e. The first-order chi connectivity index (χ1) is 11.6. The van der Waals surface area contributed by atoms with Crippen LogP contribution in [0.25, 0.3) is 32.1 Å². The molecule has 0 atom stereocenters. The number of hydrogen-bond acceptors (Lipinski definition) is 6. The molecule has 0 saturated heterocycles. The zero-order valence-corrected chi connectivity index (χ0v) is 14.7. The van der Waals surface area contributed by atoms with Crippen LogP contribution in [0.2, 0.25) is 5.02 Å². The summed E-state index contributed by atoms with van der Waals surface area (Å²) in [6.07, 6.45) is 0. The summed E-state index contributed by atoms with van der Waals surface area (Å²) in [4.78, 5) is 10.7. The third kappa shape index (κ3) is 2.34. The van der Waals surface area contributed by atoms with E-state index in [0.29, 0.717) is 34.3 Å². The van der Waals surface area contributed by atoms with Gasteiger partial charge in [0.2, 0.25) is 5.89 Å². The summed E-state index contributed by atoms with van der Waals surface area (Å²) in [7, 11) is 1.66. The summed E-state index contributed by atoms with van der Waals surface area (Å²) >= 11 is 7.63. The SMILES string of the molecule is COCc1cc(C)nc2sc(-c3nc4cccc(Cl)c4o3)c(N)c12. The number of rotatable bonds is 3. The highest BCUT2D eigenvalue weighted by Crippen LogP contribution is 2.42. The molecule has 4 aromatic rings. The maximum absolute atomic E-state index is 6.39. The van der Waals surface area contributed by atoms with Crippen LogP contribution in [-0.2, 0) is 11.3 Å². The molecule has 2 N–H and O–H groups in total. The topological polar surface area (TPSA) is 74.2 Å². The van der Waals surface area contributed by atoms with Gasteiger partial charge in [-0.15, -0.1) is 11.3 Å². The summed E-state index contributed by atoms with van der Waals surface area (Å²) in [5, 5.41) is 1.43. The number of thiophene rings is 1. The van der Waals surface area contributed by atoms with Crippen molar-refractivity contribution in [3.8, 4) is 10.8 Å². The van der Waals surface area contributed by atoms with Gasteiger partial charge in [-0.2, -0.15) is 0 Å². The minimum absolute atomic E-state index is 0.458. The smallest absolute Gasteiger partial charge is 0.239 e. The van der Waals surface area contributed by atoms with Crippen molar-refractivity contribution in [2.75, 3.05) is 12.8 Å². The number of methoxy groups -OCH3 is 1. The summed E-state index contributed by atoms with van der Waals surface area (Å²) < 4.78 is 11.1. The molecule has 0 unspecified atom stereocenters. The van der Waals surface area contributed by atoms with E-state index < -0.39 is 0 Å². The van der Waals surface area contributed by atoms with Gasteiger partial charge >= 0.3 is 0 Å². The van der Waals surface area contributed by atoms with E-state index in [1.165, 1.54) is 11.3 Å². The molecular formula is C17H14ClN3O2S. The zero-order valence-electron chi connectivity index (χ0n) is 13.1. The lowest BCUT2D eigenvalue weighted by atomic mass is 10.1. The molecular weight excluding hydrogens is 346 g/mol. The highest BCUT2D eigenvalue weighted by molar-refractivity contribution is 7.22. The van der Waals surface area contributed by atoms with Gasteiger partial charge in [0.1, 0.15) is 15.2 Å². The average Bonchev–Trinajstić information content (AvgIpc) is 3.10. The molecule has 0 radical (unpaired) electrons. The molecule has 0 aliphatic carbocycles. The Morgan fingerprint density at radius 2 is 2.17 bits per heavy atom.